The van der Waals surface area contributed by atoms with E-state index in [0.29, 0.717) is 0 Å². The highest BCUT2D eigenvalue weighted by atomic mass is 16.6. The van der Waals surface area contributed by atoms with E-state index < -0.39 is 23.4 Å². The van der Waals surface area contributed by atoms with Crippen molar-refractivity contribution in [3.05, 3.63) is 36.2 Å². The molecule has 0 aliphatic carbocycles. The minimum absolute atomic E-state index is 0.247. The van der Waals surface area contributed by atoms with Gasteiger partial charge in [-0.25, -0.2) is 9.59 Å². The fraction of sp³-hybridized carbons (Fsp3) is 0.526. The zero-order valence-corrected chi connectivity index (χ0v) is 16.4. The average Bonchev–Trinajstić information content (AvgIpc) is 2.48. The van der Waals surface area contributed by atoms with Crippen molar-refractivity contribution in [2.45, 2.75) is 52.7 Å². The molecule has 0 fully saturated rings. The molecule has 1 rings (SSSR count). The van der Waals surface area contributed by atoms with Crippen LogP contribution in [0.15, 0.2) is 30.6 Å². The van der Waals surface area contributed by atoms with E-state index in [4.69, 9.17) is 9.47 Å². The second-order valence-corrected chi connectivity index (χ2v) is 7.71. The minimum atomic E-state index is -0.569. The summed E-state index contributed by atoms with van der Waals surface area (Å²) in [6.45, 7) is 11.3. The van der Waals surface area contributed by atoms with Crippen molar-refractivity contribution in [1.29, 1.82) is 0 Å². The van der Waals surface area contributed by atoms with Crippen LogP contribution < -0.4 is 10.6 Å². The first kappa shape index (κ1) is 21.5. The number of alkyl carbamates (subject to hydrolysis) is 2. The summed E-state index contributed by atoms with van der Waals surface area (Å²) in [5, 5.41) is 5.38. The van der Waals surface area contributed by atoms with E-state index in [0.717, 1.165) is 11.1 Å². The molecular weight excluding hydrogens is 334 g/mol. The van der Waals surface area contributed by atoms with E-state index in [1.54, 1.807) is 66.1 Å². The first-order valence-electron chi connectivity index (χ1n) is 8.49. The molecule has 7 nitrogen and oxygen atoms in total. The Morgan fingerprint density at radius 3 is 2.12 bits per heavy atom. The van der Waals surface area contributed by atoms with E-state index >= 15 is 0 Å². The van der Waals surface area contributed by atoms with Crippen LogP contribution in [-0.2, 0) is 9.47 Å². The summed E-state index contributed by atoms with van der Waals surface area (Å²) >= 11 is 0. The second-order valence-electron chi connectivity index (χ2n) is 7.71. The van der Waals surface area contributed by atoms with Crippen LogP contribution in [-0.4, -0.2) is 41.5 Å². The number of pyridine rings is 1. The normalized spacial score (nSPS) is 12.3. The van der Waals surface area contributed by atoms with Gasteiger partial charge in [-0.3, -0.25) is 4.98 Å². The van der Waals surface area contributed by atoms with Crippen molar-refractivity contribution in [2.75, 3.05) is 13.1 Å². The van der Waals surface area contributed by atoms with Gasteiger partial charge in [-0.2, -0.15) is 0 Å². The number of rotatable bonds is 5. The Morgan fingerprint density at radius 2 is 1.62 bits per heavy atom. The monoisotopic (exact) mass is 363 g/mol. The Hall–Kier alpha value is -2.57. The lowest BCUT2D eigenvalue weighted by Crippen LogP contribution is -2.34. The number of nitrogens with one attached hydrogen (secondary N) is 2. The molecule has 0 atom stereocenters. The molecule has 0 saturated carbocycles. The largest absolute Gasteiger partial charge is 0.444 e. The Bertz CT molecular complexity index is 628. The summed E-state index contributed by atoms with van der Waals surface area (Å²) in [4.78, 5) is 27.7. The molecule has 0 aliphatic heterocycles. The fourth-order valence-electron chi connectivity index (χ4n) is 1.90. The lowest BCUT2D eigenvalue weighted by molar-refractivity contribution is 0.0521. The predicted molar refractivity (Wildman–Crippen MR) is 101 cm³/mol. The topological polar surface area (TPSA) is 89.6 Å². The van der Waals surface area contributed by atoms with E-state index in [9.17, 15) is 9.59 Å². The number of carbonyl (C=O) groups is 2. The highest BCUT2D eigenvalue weighted by Gasteiger charge is 2.17. The zero-order chi connectivity index (χ0) is 19.8. The van der Waals surface area contributed by atoms with E-state index in [1.165, 1.54) is 0 Å². The molecule has 1 aromatic heterocycles. The molecule has 0 spiro atoms. The van der Waals surface area contributed by atoms with Crippen LogP contribution >= 0.6 is 0 Å². The van der Waals surface area contributed by atoms with Crippen LogP contribution in [0.4, 0.5) is 9.59 Å². The highest BCUT2D eigenvalue weighted by molar-refractivity contribution is 5.74. The van der Waals surface area contributed by atoms with Crippen LogP contribution in [0.1, 0.15) is 47.1 Å². The summed E-state index contributed by atoms with van der Waals surface area (Å²) < 4.78 is 10.4. The van der Waals surface area contributed by atoms with Crippen molar-refractivity contribution in [3.8, 4) is 0 Å². The van der Waals surface area contributed by atoms with Gasteiger partial charge in [0.25, 0.3) is 0 Å². The third-order valence-corrected chi connectivity index (χ3v) is 2.85. The van der Waals surface area contributed by atoms with Gasteiger partial charge in [-0.15, -0.1) is 0 Å². The lowest BCUT2D eigenvalue weighted by atomic mass is 10.1. The molecular formula is C19H29N3O4. The Morgan fingerprint density at radius 1 is 1.04 bits per heavy atom. The van der Waals surface area contributed by atoms with Gasteiger partial charge in [0, 0.05) is 25.5 Å². The Kier molecular flexibility index (Phi) is 7.61. The maximum atomic E-state index is 11.9. The van der Waals surface area contributed by atoms with Gasteiger partial charge in [-0.05, 0) is 58.7 Å². The number of ether oxygens (including phenoxy) is 2. The molecule has 0 bridgehead atoms. The van der Waals surface area contributed by atoms with Crippen molar-refractivity contribution >= 4 is 17.8 Å². The molecule has 0 saturated heterocycles. The molecule has 144 valence electrons. The molecule has 0 aliphatic rings. The van der Waals surface area contributed by atoms with Gasteiger partial charge in [0.15, 0.2) is 0 Å². The average molecular weight is 363 g/mol. The van der Waals surface area contributed by atoms with E-state index in [2.05, 4.69) is 15.6 Å². The van der Waals surface area contributed by atoms with Gasteiger partial charge < -0.3 is 20.1 Å². The number of hydrogen-bond donors (Lipinski definition) is 2. The molecule has 2 N–H and O–H groups in total. The summed E-state index contributed by atoms with van der Waals surface area (Å²) in [6.07, 6.45) is 4.15. The van der Waals surface area contributed by atoms with Crippen LogP contribution in [0, 0.1) is 0 Å². The third kappa shape index (κ3) is 9.66. The standard InChI is InChI=1S/C19H29N3O4/c1-18(2,3)25-16(23)21-11-9-15(14-8-7-10-20-12-14)13-22-17(24)26-19(4,5)6/h7-10,12H,11,13H2,1-6H3,(H,21,23)(H,22,24)/b15-9+. The lowest BCUT2D eigenvalue weighted by Gasteiger charge is -2.20. The number of hydrogen-bond acceptors (Lipinski definition) is 5. The summed E-state index contributed by atoms with van der Waals surface area (Å²) in [7, 11) is 0. The number of amides is 2. The molecule has 26 heavy (non-hydrogen) atoms. The van der Waals surface area contributed by atoms with Gasteiger partial charge >= 0.3 is 12.2 Å². The maximum absolute atomic E-state index is 11.9. The predicted octanol–water partition coefficient (Wildman–Crippen LogP) is 3.51. The number of nitrogens with zero attached hydrogens (tertiary/aromatic N) is 1. The zero-order valence-electron chi connectivity index (χ0n) is 16.4. The van der Waals surface area contributed by atoms with Crippen LogP contribution in [0.25, 0.3) is 5.57 Å². The van der Waals surface area contributed by atoms with Crippen LogP contribution in [0.2, 0.25) is 0 Å². The van der Waals surface area contributed by atoms with Gasteiger partial charge in [0.05, 0.1) is 0 Å². The van der Waals surface area contributed by atoms with Crippen molar-refractivity contribution in [3.63, 3.8) is 0 Å². The molecule has 7 heteroatoms. The first-order valence-corrected chi connectivity index (χ1v) is 8.49. The quantitative estimate of drug-likeness (QED) is 0.835. The SMILES string of the molecule is CC(C)(C)OC(=O)NC/C=C(\CNC(=O)OC(C)(C)C)c1cccnc1. The highest BCUT2D eigenvalue weighted by Crippen LogP contribution is 2.13. The van der Waals surface area contributed by atoms with Crippen LogP contribution in [0.5, 0.6) is 0 Å². The van der Waals surface area contributed by atoms with Crippen molar-refractivity contribution < 1.29 is 19.1 Å². The molecule has 0 aromatic carbocycles. The fourth-order valence-corrected chi connectivity index (χ4v) is 1.90. The third-order valence-electron chi connectivity index (χ3n) is 2.85. The minimum Gasteiger partial charge on any atom is -0.444 e. The maximum Gasteiger partial charge on any atom is 0.407 e. The van der Waals surface area contributed by atoms with E-state index in [-0.39, 0.29) is 13.1 Å². The number of aromatic nitrogens is 1. The first-order chi connectivity index (χ1) is 12.0. The Balaban J connectivity index is 2.71. The molecule has 2 amide bonds. The molecule has 0 radical (unpaired) electrons. The van der Waals surface area contributed by atoms with Gasteiger partial charge in [-0.1, -0.05) is 12.1 Å². The molecule has 1 aromatic rings. The van der Waals surface area contributed by atoms with E-state index in [1.807, 2.05) is 6.07 Å². The van der Waals surface area contributed by atoms with Gasteiger partial charge in [0.2, 0.25) is 0 Å². The summed E-state index contributed by atoms with van der Waals surface area (Å²) in [6, 6.07) is 3.68. The number of carbonyl (C=O) groups excluding carboxylic acids is 2. The van der Waals surface area contributed by atoms with Crippen LogP contribution in [0.3, 0.4) is 0 Å². The van der Waals surface area contributed by atoms with Gasteiger partial charge in [0.1, 0.15) is 11.2 Å². The summed E-state index contributed by atoms with van der Waals surface area (Å²) in [5.74, 6) is 0. The summed E-state index contributed by atoms with van der Waals surface area (Å²) in [5.41, 5.74) is 0.522. The van der Waals surface area contributed by atoms with Crippen molar-refractivity contribution in [2.24, 2.45) is 0 Å². The Labute approximate surface area is 155 Å². The second kappa shape index (κ2) is 9.22. The smallest absolute Gasteiger partial charge is 0.407 e. The van der Waals surface area contributed by atoms with Crippen molar-refractivity contribution in [1.82, 2.24) is 15.6 Å². The molecule has 1 heterocycles. The molecule has 0 unspecified atom stereocenters.